The molecule has 0 aromatic heterocycles. The van der Waals surface area contributed by atoms with Gasteiger partial charge in [0.2, 0.25) is 0 Å². The Morgan fingerprint density at radius 2 is 1.75 bits per heavy atom. The molecule has 0 bridgehead atoms. The van der Waals surface area contributed by atoms with Gasteiger partial charge in [0, 0.05) is 0 Å². The molecule has 20 heavy (non-hydrogen) atoms. The molecule has 0 fully saturated rings. The van der Waals surface area contributed by atoms with Crippen LogP contribution in [-0.2, 0) is 6.42 Å². The number of benzene rings is 1. The summed E-state index contributed by atoms with van der Waals surface area (Å²) >= 11 is 0. The normalized spacial score (nSPS) is 11.3. The highest BCUT2D eigenvalue weighted by molar-refractivity contribution is 5.26. The van der Waals surface area contributed by atoms with Gasteiger partial charge in [-0.05, 0) is 56.0 Å². The van der Waals surface area contributed by atoms with E-state index in [0.29, 0.717) is 11.7 Å². The van der Waals surface area contributed by atoms with Crippen LogP contribution in [0.15, 0.2) is 60.4 Å². The van der Waals surface area contributed by atoms with Gasteiger partial charge in [-0.1, -0.05) is 44.2 Å². The van der Waals surface area contributed by atoms with Crippen molar-refractivity contribution in [3.8, 4) is 5.75 Å². The number of aromatic hydroxyl groups is 1. The van der Waals surface area contributed by atoms with E-state index in [1.165, 1.54) is 5.56 Å². The fourth-order valence-corrected chi connectivity index (χ4v) is 1.43. The van der Waals surface area contributed by atoms with E-state index in [9.17, 15) is 0 Å². The standard InChI is InChI=1S/C10H14O.C8H12O/c1-8(2)7-9-3-5-10(11)6-4-9;1-4-8(9)6-5-7(2)3/h3-6,8,11H,7H2,1-2H3;4-6,9H,2H2,1,3H3/b;6-5-,8-4+. The van der Waals surface area contributed by atoms with Gasteiger partial charge in [0.25, 0.3) is 0 Å². The molecule has 0 saturated heterocycles. The second kappa shape index (κ2) is 9.90. The zero-order valence-corrected chi connectivity index (χ0v) is 12.9. The Morgan fingerprint density at radius 3 is 2.15 bits per heavy atom. The average Bonchev–Trinajstić information content (AvgIpc) is 2.39. The Kier molecular flexibility index (Phi) is 8.93. The molecule has 110 valence electrons. The van der Waals surface area contributed by atoms with Gasteiger partial charge in [-0.15, -0.1) is 0 Å². The summed E-state index contributed by atoms with van der Waals surface area (Å²) in [6.45, 7) is 11.7. The lowest BCUT2D eigenvalue weighted by Gasteiger charge is -2.03. The number of aliphatic hydroxyl groups is 1. The van der Waals surface area contributed by atoms with Crippen molar-refractivity contribution >= 4 is 0 Å². The van der Waals surface area contributed by atoms with E-state index in [1.807, 2.05) is 19.1 Å². The highest BCUT2D eigenvalue weighted by atomic mass is 16.3. The predicted molar refractivity (Wildman–Crippen MR) is 87.0 cm³/mol. The first-order valence-electron chi connectivity index (χ1n) is 6.82. The molecular formula is C18H26O2. The van der Waals surface area contributed by atoms with Gasteiger partial charge in [0.1, 0.15) is 11.5 Å². The van der Waals surface area contributed by atoms with Crippen molar-refractivity contribution in [3.63, 3.8) is 0 Å². The summed E-state index contributed by atoms with van der Waals surface area (Å²) in [7, 11) is 0. The Balaban J connectivity index is 0.000000370. The van der Waals surface area contributed by atoms with Gasteiger partial charge in [0.05, 0.1) is 0 Å². The zero-order valence-electron chi connectivity index (χ0n) is 12.9. The molecule has 0 amide bonds. The smallest absolute Gasteiger partial charge is 0.115 e. The Labute approximate surface area is 122 Å². The molecule has 0 saturated carbocycles. The van der Waals surface area contributed by atoms with Crippen molar-refractivity contribution in [1.82, 2.24) is 0 Å². The van der Waals surface area contributed by atoms with Crippen LogP contribution in [0, 0.1) is 5.92 Å². The van der Waals surface area contributed by atoms with Crippen LogP contribution in [0.2, 0.25) is 0 Å². The van der Waals surface area contributed by atoms with E-state index < -0.39 is 0 Å². The SMILES string of the molecule is C=C(C)/C=C\C(O)=C/C.CC(C)Cc1ccc(O)cc1. The third-order valence-electron chi connectivity index (χ3n) is 2.41. The minimum absolute atomic E-state index is 0.276. The molecule has 0 aliphatic heterocycles. The summed E-state index contributed by atoms with van der Waals surface area (Å²) in [6.07, 6.45) is 6.08. The minimum Gasteiger partial charge on any atom is -0.508 e. The summed E-state index contributed by atoms with van der Waals surface area (Å²) < 4.78 is 0. The number of hydrogen-bond acceptors (Lipinski definition) is 2. The summed E-state index contributed by atoms with van der Waals surface area (Å²) in [5, 5.41) is 17.8. The fourth-order valence-electron chi connectivity index (χ4n) is 1.43. The number of aliphatic hydroxyl groups excluding tert-OH is 1. The molecule has 2 heteroatoms. The summed E-state index contributed by atoms with van der Waals surface area (Å²) in [5.74, 6) is 1.30. The van der Waals surface area contributed by atoms with Gasteiger partial charge in [-0.3, -0.25) is 0 Å². The maximum atomic E-state index is 8.99. The van der Waals surface area contributed by atoms with E-state index in [0.717, 1.165) is 12.0 Å². The van der Waals surface area contributed by atoms with Crippen molar-refractivity contribution in [2.75, 3.05) is 0 Å². The van der Waals surface area contributed by atoms with Crippen LogP contribution in [0.25, 0.3) is 0 Å². The number of hydrogen-bond donors (Lipinski definition) is 2. The van der Waals surface area contributed by atoms with E-state index in [1.54, 1.807) is 37.3 Å². The van der Waals surface area contributed by atoms with Crippen LogP contribution in [0.1, 0.15) is 33.3 Å². The molecule has 1 aromatic carbocycles. The van der Waals surface area contributed by atoms with Crippen molar-refractivity contribution in [2.45, 2.75) is 34.1 Å². The molecule has 1 aromatic rings. The molecule has 0 radical (unpaired) electrons. The van der Waals surface area contributed by atoms with E-state index in [4.69, 9.17) is 10.2 Å². The molecule has 0 atom stereocenters. The molecule has 1 rings (SSSR count). The number of phenols is 1. The lowest BCUT2D eigenvalue weighted by atomic mass is 10.0. The van der Waals surface area contributed by atoms with Crippen LogP contribution in [0.5, 0.6) is 5.75 Å². The highest BCUT2D eigenvalue weighted by Gasteiger charge is 1.96. The van der Waals surface area contributed by atoms with E-state index in [2.05, 4.69) is 20.4 Å². The summed E-state index contributed by atoms with van der Waals surface area (Å²) in [5.41, 5.74) is 2.22. The molecule has 0 heterocycles. The monoisotopic (exact) mass is 274 g/mol. The topological polar surface area (TPSA) is 40.5 Å². The Hall–Kier alpha value is -1.96. The van der Waals surface area contributed by atoms with Crippen molar-refractivity contribution in [3.05, 3.63) is 66.0 Å². The van der Waals surface area contributed by atoms with Crippen LogP contribution in [0.4, 0.5) is 0 Å². The lowest BCUT2D eigenvalue weighted by Crippen LogP contribution is -1.92. The number of phenolic OH excluding ortho intramolecular Hbond substituents is 1. The quantitative estimate of drug-likeness (QED) is 0.587. The molecule has 2 nitrogen and oxygen atoms in total. The van der Waals surface area contributed by atoms with Gasteiger partial charge >= 0.3 is 0 Å². The second-order valence-corrected chi connectivity index (χ2v) is 5.16. The Morgan fingerprint density at radius 1 is 1.20 bits per heavy atom. The highest BCUT2D eigenvalue weighted by Crippen LogP contribution is 2.12. The maximum absolute atomic E-state index is 8.99. The molecular weight excluding hydrogens is 248 g/mol. The van der Waals surface area contributed by atoms with Crippen LogP contribution in [0.3, 0.4) is 0 Å². The van der Waals surface area contributed by atoms with Gasteiger partial charge in [0.15, 0.2) is 0 Å². The lowest BCUT2D eigenvalue weighted by molar-refractivity contribution is 0.431. The van der Waals surface area contributed by atoms with Crippen molar-refractivity contribution < 1.29 is 10.2 Å². The number of allylic oxidation sites excluding steroid dienone is 4. The third kappa shape index (κ3) is 10.0. The van der Waals surface area contributed by atoms with Gasteiger partial charge in [-0.25, -0.2) is 0 Å². The van der Waals surface area contributed by atoms with Crippen LogP contribution >= 0.6 is 0 Å². The number of rotatable bonds is 4. The van der Waals surface area contributed by atoms with E-state index >= 15 is 0 Å². The molecule has 0 aliphatic carbocycles. The molecule has 0 spiro atoms. The molecule has 0 aliphatic rings. The van der Waals surface area contributed by atoms with Crippen molar-refractivity contribution in [1.29, 1.82) is 0 Å². The first-order valence-corrected chi connectivity index (χ1v) is 6.82. The van der Waals surface area contributed by atoms with Gasteiger partial charge in [-0.2, -0.15) is 0 Å². The summed E-state index contributed by atoms with van der Waals surface area (Å²) in [6, 6.07) is 7.40. The molecule has 0 unspecified atom stereocenters. The predicted octanol–water partition coefficient (Wildman–Crippen LogP) is 5.17. The maximum Gasteiger partial charge on any atom is 0.115 e. The zero-order chi connectivity index (χ0) is 15.5. The Bertz CT molecular complexity index is 451. The summed E-state index contributed by atoms with van der Waals surface area (Å²) in [4.78, 5) is 0. The van der Waals surface area contributed by atoms with Gasteiger partial charge < -0.3 is 10.2 Å². The first-order chi connectivity index (χ1) is 9.35. The average molecular weight is 274 g/mol. The largest absolute Gasteiger partial charge is 0.508 e. The van der Waals surface area contributed by atoms with Crippen molar-refractivity contribution in [2.24, 2.45) is 5.92 Å². The van der Waals surface area contributed by atoms with Crippen LogP contribution < -0.4 is 0 Å². The minimum atomic E-state index is 0.276. The molecule has 2 N–H and O–H groups in total. The van der Waals surface area contributed by atoms with E-state index in [-0.39, 0.29) is 5.76 Å². The van der Waals surface area contributed by atoms with Crippen LogP contribution in [-0.4, -0.2) is 10.2 Å². The third-order valence-corrected chi connectivity index (χ3v) is 2.41. The second-order valence-electron chi connectivity index (χ2n) is 5.16. The fraction of sp³-hybridized carbons (Fsp3) is 0.333. The first kappa shape index (κ1) is 18.0.